The summed E-state index contributed by atoms with van der Waals surface area (Å²) in [5, 5.41) is 4.52. The molecule has 0 spiro atoms. The maximum Gasteiger partial charge on any atom is 0.159 e. The zero-order chi connectivity index (χ0) is 15.5. The lowest BCUT2D eigenvalue weighted by molar-refractivity contribution is 0.101. The summed E-state index contributed by atoms with van der Waals surface area (Å²) in [5.41, 5.74) is 4.96. The van der Waals surface area contributed by atoms with E-state index in [1.165, 1.54) is 5.56 Å². The quantitative estimate of drug-likeness (QED) is 0.705. The first kappa shape index (κ1) is 14.3. The number of carbonyl (C=O) groups is 1. The molecule has 1 heterocycles. The molecule has 0 amide bonds. The number of hydrogen-bond acceptors (Lipinski definition) is 3. The Morgan fingerprint density at radius 2 is 1.86 bits per heavy atom. The van der Waals surface area contributed by atoms with Gasteiger partial charge in [0.1, 0.15) is 0 Å². The van der Waals surface area contributed by atoms with Crippen LogP contribution in [0.4, 0.5) is 11.4 Å². The van der Waals surface area contributed by atoms with Gasteiger partial charge in [-0.25, -0.2) is 0 Å². The minimum Gasteiger partial charge on any atom is -0.355 e. The number of anilines is 2. The molecule has 1 N–H and O–H groups in total. The van der Waals surface area contributed by atoms with E-state index >= 15 is 0 Å². The number of carbonyl (C=O) groups excluding carboxylic acids is 1. The number of aryl methyl sites for hydroxylation is 1. The Balaban J connectivity index is 1.97. The van der Waals surface area contributed by atoms with E-state index in [2.05, 4.69) is 35.4 Å². The van der Waals surface area contributed by atoms with Gasteiger partial charge in [-0.05, 0) is 61.4 Å². The molecule has 3 heteroatoms. The normalized spacial score (nSPS) is 10.6. The largest absolute Gasteiger partial charge is 0.355 e. The van der Waals surface area contributed by atoms with Gasteiger partial charge in [-0.2, -0.15) is 0 Å². The van der Waals surface area contributed by atoms with Crippen LogP contribution in [-0.4, -0.2) is 10.8 Å². The van der Waals surface area contributed by atoms with E-state index in [9.17, 15) is 4.79 Å². The van der Waals surface area contributed by atoms with Gasteiger partial charge in [0.25, 0.3) is 0 Å². The molecule has 0 bridgehead atoms. The van der Waals surface area contributed by atoms with Crippen molar-refractivity contribution in [1.82, 2.24) is 4.98 Å². The molecule has 0 saturated carbocycles. The van der Waals surface area contributed by atoms with Crippen LogP contribution >= 0.6 is 0 Å². The van der Waals surface area contributed by atoms with Gasteiger partial charge in [0.05, 0.1) is 5.52 Å². The van der Waals surface area contributed by atoms with Gasteiger partial charge in [-0.15, -0.1) is 0 Å². The number of nitrogens with one attached hydrogen (secondary N) is 1. The molecule has 3 rings (SSSR count). The summed E-state index contributed by atoms with van der Waals surface area (Å²) in [6.07, 6.45) is 2.80. The maximum absolute atomic E-state index is 11.3. The van der Waals surface area contributed by atoms with Crippen molar-refractivity contribution >= 4 is 28.1 Å². The van der Waals surface area contributed by atoms with Crippen molar-refractivity contribution in [3.63, 3.8) is 0 Å². The molecule has 0 saturated heterocycles. The van der Waals surface area contributed by atoms with E-state index in [-0.39, 0.29) is 5.78 Å². The van der Waals surface area contributed by atoms with E-state index in [1.807, 2.05) is 30.3 Å². The number of rotatable bonds is 4. The topological polar surface area (TPSA) is 42.0 Å². The summed E-state index contributed by atoms with van der Waals surface area (Å²) < 4.78 is 0. The van der Waals surface area contributed by atoms with Crippen LogP contribution in [0.2, 0.25) is 0 Å². The third-order valence-electron chi connectivity index (χ3n) is 3.78. The first-order chi connectivity index (χ1) is 10.7. The fraction of sp³-hybridized carbons (Fsp3) is 0.158. The third-order valence-corrected chi connectivity index (χ3v) is 3.78. The van der Waals surface area contributed by atoms with Crippen molar-refractivity contribution in [1.29, 1.82) is 0 Å². The smallest absolute Gasteiger partial charge is 0.159 e. The SMILES string of the molecule is CCc1ccc2nccc(Nc3ccc(C(C)=O)cc3)c2c1. The summed E-state index contributed by atoms with van der Waals surface area (Å²) in [6.45, 7) is 3.72. The molecule has 0 aliphatic heterocycles. The molecule has 2 aromatic carbocycles. The highest BCUT2D eigenvalue weighted by Gasteiger charge is 2.04. The lowest BCUT2D eigenvalue weighted by atomic mass is 10.1. The molecule has 0 fully saturated rings. The van der Waals surface area contributed by atoms with Crippen LogP contribution < -0.4 is 5.32 Å². The zero-order valence-electron chi connectivity index (χ0n) is 12.8. The highest BCUT2D eigenvalue weighted by atomic mass is 16.1. The Hall–Kier alpha value is -2.68. The monoisotopic (exact) mass is 290 g/mol. The summed E-state index contributed by atoms with van der Waals surface area (Å²) in [4.78, 5) is 15.7. The lowest BCUT2D eigenvalue weighted by Crippen LogP contribution is -1.95. The van der Waals surface area contributed by atoms with Gasteiger partial charge < -0.3 is 5.32 Å². The maximum atomic E-state index is 11.3. The van der Waals surface area contributed by atoms with Crippen LogP contribution in [0.5, 0.6) is 0 Å². The average molecular weight is 290 g/mol. The van der Waals surface area contributed by atoms with Crippen molar-refractivity contribution in [2.45, 2.75) is 20.3 Å². The van der Waals surface area contributed by atoms with Gasteiger partial charge in [0.2, 0.25) is 0 Å². The molecule has 0 atom stereocenters. The molecular weight excluding hydrogens is 272 g/mol. The van der Waals surface area contributed by atoms with Gasteiger partial charge in [0.15, 0.2) is 5.78 Å². The fourth-order valence-electron chi connectivity index (χ4n) is 2.47. The van der Waals surface area contributed by atoms with Crippen LogP contribution in [0.1, 0.15) is 29.8 Å². The van der Waals surface area contributed by atoms with Crippen molar-refractivity contribution in [3.05, 3.63) is 65.9 Å². The van der Waals surface area contributed by atoms with Crippen LogP contribution in [0, 0.1) is 0 Å². The predicted molar refractivity (Wildman–Crippen MR) is 90.9 cm³/mol. The lowest BCUT2D eigenvalue weighted by Gasteiger charge is -2.11. The molecule has 0 aliphatic rings. The Bertz CT molecular complexity index is 822. The second-order valence-electron chi connectivity index (χ2n) is 5.32. The van der Waals surface area contributed by atoms with E-state index in [0.717, 1.165) is 34.3 Å². The first-order valence-electron chi connectivity index (χ1n) is 7.43. The van der Waals surface area contributed by atoms with E-state index in [4.69, 9.17) is 0 Å². The molecular formula is C19H18N2O. The summed E-state index contributed by atoms with van der Waals surface area (Å²) in [6, 6.07) is 15.8. The van der Waals surface area contributed by atoms with Gasteiger partial charge in [-0.3, -0.25) is 9.78 Å². The molecule has 0 radical (unpaired) electrons. The number of aromatic nitrogens is 1. The molecule has 3 aromatic rings. The Morgan fingerprint density at radius 1 is 1.09 bits per heavy atom. The number of pyridine rings is 1. The molecule has 22 heavy (non-hydrogen) atoms. The van der Waals surface area contributed by atoms with Crippen LogP contribution in [0.25, 0.3) is 10.9 Å². The van der Waals surface area contributed by atoms with Crippen molar-refractivity contribution in [3.8, 4) is 0 Å². The van der Waals surface area contributed by atoms with E-state index in [1.54, 1.807) is 13.1 Å². The minimum absolute atomic E-state index is 0.0773. The Morgan fingerprint density at radius 3 is 2.55 bits per heavy atom. The van der Waals surface area contributed by atoms with Gasteiger partial charge in [0, 0.05) is 28.5 Å². The molecule has 1 aromatic heterocycles. The highest BCUT2D eigenvalue weighted by molar-refractivity contribution is 5.95. The van der Waals surface area contributed by atoms with Crippen molar-refractivity contribution in [2.24, 2.45) is 0 Å². The molecule has 110 valence electrons. The van der Waals surface area contributed by atoms with Gasteiger partial charge in [-0.1, -0.05) is 13.0 Å². The second kappa shape index (κ2) is 5.98. The zero-order valence-corrected chi connectivity index (χ0v) is 12.8. The van der Waals surface area contributed by atoms with Crippen molar-refractivity contribution < 1.29 is 4.79 Å². The van der Waals surface area contributed by atoms with E-state index < -0.39 is 0 Å². The highest BCUT2D eigenvalue weighted by Crippen LogP contribution is 2.26. The van der Waals surface area contributed by atoms with Crippen LogP contribution in [0.15, 0.2) is 54.7 Å². The standard InChI is InChI=1S/C19H18N2O/c1-3-14-4-9-18-17(12-14)19(10-11-20-18)21-16-7-5-15(6-8-16)13(2)22/h4-12H,3H2,1-2H3,(H,20,21). The third kappa shape index (κ3) is 2.84. The Labute approximate surface area is 130 Å². The van der Waals surface area contributed by atoms with Crippen LogP contribution in [0.3, 0.4) is 0 Å². The average Bonchev–Trinajstić information content (AvgIpc) is 2.55. The summed E-state index contributed by atoms with van der Waals surface area (Å²) >= 11 is 0. The Kier molecular flexibility index (Phi) is 3.88. The summed E-state index contributed by atoms with van der Waals surface area (Å²) in [5.74, 6) is 0.0773. The number of Topliss-reactive ketones (excluding diaryl/α,β-unsaturated/α-hetero) is 1. The molecule has 3 nitrogen and oxygen atoms in total. The number of nitrogens with zero attached hydrogens (tertiary/aromatic N) is 1. The number of ketones is 1. The molecule has 0 unspecified atom stereocenters. The van der Waals surface area contributed by atoms with Crippen LogP contribution in [-0.2, 0) is 6.42 Å². The second-order valence-corrected chi connectivity index (χ2v) is 5.32. The van der Waals surface area contributed by atoms with E-state index in [0.29, 0.717) is 0 Å². The number of fused-ring (bicyclic) bond motifs is 1. The fourth-order valence-corrected chi connectivity index (χ4v) is 2.47. The number of hydrogen-bond donors (Lipinski definition) is 1. The first-order valence-corrected chi connectivity index (χ1v) is 7.43. The van der Waals surface area contributed by atoms with Gasteiger partial charge >= 0.3 is 0 Å². The number of benzene rings is 2. The summed E-state index contributed by atoms with van der Waals surface area (Å²) in [7, 11) is 0. The molecule has 0 aliphatic carbocycles. The van der Waals surface area contributed by atoms with Crippen molar-refractivity contribution in [2.75, 3.05) is 5.32 Å². The predicted octanol–water partition coefficient (Wildman–Crippen LogP) is 4.74. The minimum atomic E-state index is 0.0773.